The number of aromatic nitrogens is 2. The predicted molar refractivity (Wildman–Crippen MR) is 115 cm³/mol. The Labute approximate surface area is 208 Å². The van der Waals surface area contributed by atoms with Crippen LogP contribution in [-0.2, 0) is 14.3 Å². The Kier molecular flexibility index (Phi) is 5.90. The van der Waals surface area contributed by atoms with E-state index >= 15 is 0 Å². The molecule has 0 spiro atoms. The first-order valence-electron chi connectivity index (χ1n) is 11.8. The van der Waals surface area contributed by atoms with Crippen molar-refractivity contribution in [2.75, 3.05) is 0 Å². The summed E-state index contributed by atoms with van der Waals surface area (Å²) < 4.78 is 58.6. The molecule has 2 N–H and O–H groups in total. The van der Waals surface area contributed by atoms with E-state index in [1.807, 2.05) is 0 Å². The number of fused-ring (bicyclic) bond motifs is 3. The monoisotopic (exact) mass is 529 g/mol. The van der Waals surface area contributed by atoms with E-state index in [1.165, 1.54) is 0 Å². The number of carbonyl (C=O) groups excluding carboxylic acids is 1. The molecule has 1 aromatic carbocycles. The molecular formula is C23H23ClF3N3O6. The van der Waals surface area contributed by atoms with Gasteiger partial charge in [-0.2, -0.15) is 0 Å². The number of hydrogen-bond acceptors (Lipinski definition) is 8. The van der Waals surface area contributed by atoms with Crippen LogP contribution in [0.4, 0.5) is 13.2 Å². The van der Waals surface area contributed by atoms with Gasteiger partial charge in [0.15, 0.2) is 6.10 Å². The minimum atomic E-state index is -4.65. The van der Waals surface area contributed by atoms with E-state index in [0.29, 0.717) is 41.0 Å². The van der Waals surface area contributed by atoms with E-state index < -0.39 is 24.7 Å². The number of carbonyl (C=O) groups is 1. The molecule has 4 unspecified atom stereocenters. The Balaban J connectivity index is 1.02. The number of nitrogens with one attached hydrogen (secondary N) is 1. The number of halogens is 4. The molecule has 2 saturated heterocycles. The first kappa shape index (κ1) is 24.0. The molecule has 0 radical (unpaired) electrons. The maximum atomic E-state index is 12.9. The third kappa shape index (κ3) is 4.55. The number of rotatable bonds is 5. The molecule has 9 nitrogen and oxygen atoms in total. The van der Waals surface area contributed by atoms with Crippen LogP contribution >= 0.6 is 11.6 Å². The van der Waals surface area contributed by atoms with E-state index in [9.17, 15) is 23.1 Å². The zero-order chi connectivity index (χ0) is 25.2. The van der Waals surface area contributed by atoms with Crippen LogP contribution in [0.25, 0.3) is 0 Å². The average molecular weight is 530 g/mol. The van der Waals surface area contributed by atoms with E-state index in [2.05, 4.69) is 20.3 Å². The van der Waals surface area contributed by atoms with Gasteiger partial charge in [-0.3, -0.25) is 9.53 Å². The number of hydrogen-bond donors (Lipinski definition) is 2. The highest BCUT2D eigenvalue weighted by Gasteiger charge is 2.51. The molecule has 2 bridgehead atoms. The van der Waals surface area contributed by atoms with E-state index in [4.69, 9.17) is 25.5 Å². The third-order valence-electron chi connectivity index (χ3n) is 7.39. The average Bonchev–Trinajstić information content (AvgIpc) is 3.51. The Morgan fingerprint density at radius 3 is 2.61 bits per heavy atom. The molecule has 2 aromatic rings. The molecule has 4 aliphatic rings. The Morgan fingerprint density at radius 2 is 1.89 bits per heavy atom. The second-order valence-electron chi connectivity index (χ2n) is 9.78. The van der Waals surface area contributed by atoms with E-state index in [-0.39, 0.29) is 55.3 Å². The first-order chi connectivity index (χ1) is 17.1. The van der Waals surface area contributed by atoms with Crippen LogP contribution in [0.15, 0.2) is 22.6 Å². The van der Waals surface area contributed by atoms with Crippen LogP contribution in [0.2, 0.25) is 5.02 Å². The number of nitrogens with zero attached hydrogens (tertiary/aromatic N) is 2. The molecule has 1 amide bonds. The van der Waals surface area contributed by atoms with Crippen LogP contribution in [0.3, 0.4) is 0 Å². The smallest absolute Gasteiger partial charge is 0.480 e. The van der Waals surface area contributed by atoms with Crippen LogP contribution in [0.1, 0.15) is 67.4 Å². The topological polar surface area (TPSA) is 116 Å². The van der Waals surface area contributed by atoms with Crippen molar-refractivity contribution in [1.29, 1.82) is 0 Å². The fraction of sp³-hybridized carbons (Fsp3) is 0.609. The highest BCUT2D eigenvalue weighted by atomic mass is 35.5. The molecule has 1 saturated carbocycles. The van der Waals surface area contributed by atoms with Crippen molar-refractivity contribution >= 4 is 17.5 Å². The van der Waals surface area contributed by atoms with Gasteiger partial charge in [0.2, 0.25) is 11.8 Å². The minimum Gasteiger partial charge on any atom is -0.480 e. The maximum Gasteiger partial charge on any atom is 0.522 e. The highest BCUT2D eigenvalue weighted by molar-refractivity contribution is 6.30. The number of aliphatic hydroxyl groups is 1. The molecule has 13 heteroatoms. The van der Waals surface area contributed by atoms with Crippen molar-refractivity contribution in [3.63, 3.8) is 0 Å². The summed E-state index contributed by atoms with van der Waals surface area (Å²) in [6, 6.07) is 4.68. The van der Waals surface area contributed by atoms with Gasteiger partial charge in [0.25, 0.3) is 5.91 Å². The van der Waals surface area contributed by atoms with Crippen molar-refractivity contribution in [3.8, 4) is 5.75 Å². The number of amides is 1. The molecule has 194 valence electrons. The molecule has 6 atom stereocenters. The van der Waals surface area contributed by atoms with Crippen molar-refractivity contribution in [3.05, 3.63) is 40.6 Å². The molecule has 3 fully saturated rings. The second-order valence-corrected chi connectivity index (χ2v) is 10.2. The summed E-state index contributed by atoms with van der Waals surface area (Å²) in [5.74, 6) is 0.421. The Hall–Kier alpha value is -2.41. The number of benzene rings is 1. The summed E-state index contributed by atoms with van der Waals surface area (Å²) in [6.07, 6.45) is -6.12. The van der Waals surface area contributed by atoms with Crippen molar-refractivity contribution in [1.82, 2.24) is 15.5 Å². The predicted octanol–water partition coefficient (Wildman–Crippen LogP) is 3.52. The summed E-state index contributed by atoms with van der Waals surface area (Å²) in [6.45, 7) is 0. The number of aliphatic hydroxyl groups excluding tert-OH is 1. The van der Waals surface area contributed by atoms with Crippen molar-refractivity contribution < 1.29 is 41.7 Å². The molecule has 1 aromatic heterocycles. The van der Waals surface area contributed by atoms with Crippen LogP contribution in [-0.4, -0.2) is 58.0 Å². The van der Waals surface area contributed by atoms with Gasteiger partial charge in [-0.25, -0.2) is 0 Å². The summed E-state index contributed by atoms with van der Waals surface area (Å²) in [5.41, 5.74) is 0.557. The zero-order valence-corrected chi connectivity index (χ0v) is 19.5. The third-order valence-corrected chi connectivity index (χ3v) is 7.63. The highest BCUT2D eigenvalue weighted by Crippen LogP contribution is 2.46. The lowest BCUT2D eigenvalue weighted by Gasteiger charge is -2.32. The van der Waals surface area contributed by atoms with Gasteiger partial charge in [0, 0.05) is 22.9 Å². The SMILES string of the molecule is O=C(NC1CC2OC1CC2c1nnc([C@H]2C[C@@H](OC(F)(F)F)C2)o1)[C@@H]1C[C@H](O)c2cc(Cl)ccc2O1. The maximum absolute atomic E-state index is 12.9. The molecular weight excluding hydrogens is 507 g/mol. The van der Waals surface area contributed by atoms with E-state index in [0.717, 1.165) is 0 Å². The summed E-state index contributed by atoms with van der Waals surface area (Å²) in [4.78, 5) is 12.9. The normalized spacial score (nSPS) is 35.1. The van der Waals surface area contributed by atoms with Crippen molar-refractivity contribution in [2.24, 2.45) is 0 Å². The quantitative estimate of drug-likeness (QED) is 0.604. The fourth-order valence-electron chi connectivity index (χ4n) is 5.54. The largest absolute Gasteiger partial charge is 0.522 e. The van der Waals surface area contributed by atoms with Crippen LogP contribution in [0.5, 0.6) is 5.75 Å². The second kappa shape index (κ2) is 8.86. The molecule has 4 heterocycles. The van der Waals surface area contributed by atoms with Gasteiger partial charge in [0.05, 0.1) is 36.4 Å². The minimum absolute atomic E-state index is 0.115. The molecule has 6 rings (SSSR count). The standard InChI is InChI=1S/C23H23ClF3N3O6/c24-10-1-2-16-12(5-10)15(31)8-19(33-16)20(32)28-14-7-17-13(6-18(14)34-17)22-30-29-21(35-22)9-3-11(4-9)36-23(25,26)27/h1-2,5,9,11,13-15,17-19,31H,3-4,6-8H2,(H,28,32)/t9-,11+,13?,14?,15-,17?,18?,19-/m0/s1. The Bertz CT molecular complexity index is 1160. The zero-order valence-electron chi connectivity index (χ0n) is 18.8. The molecule has 36 heavy (non-hydrogen) atoms. The van der Waals surface area contributed by atoms with Gasteiger partial charge in [-0.05, 0) is 43.9 Å². The summed E-state index contributed by atoms with van der Waals surface area (Å²) in [7, 11) is 0. The van der Waals surface area contributed by atoms with Crippen LogP contribution < -0.4 is 10.1 Å². The fourth-order valence-corrected chi connectivity index (χ4v) is 5.72. The first-order valence-corrected chi connectivity index (χ1v) is 12.2. The number of alkyl halides is 3. The van der Waals surface area contributed by atoms with Crippen molar-refractivity contribution in [2.45, 2.75) is 86.9 Å². The van der Waals surface area contributed by atoms with E-state index in [1.54, 1.807) is 18.2 Å². The lowest BCUT2D eigenvalue weighted by molar-refractivity contribution is -0.352. The summed E-state index contributed by atoms with van der Waals surface area (Å²) in [5, 5.41) is 22.0. The molecule has 3 aliphatic heterocycles. The number of ether oxygens (including phenoxy) is 3. The summed E-state index contributed by atoms with van der Waals surface area (Å²) >= 11 is 5.98. The van der Waals surface area contributed by atoms with Crippen LogP contribution in [0, 0.1) is 0 Å². The molecule has 1 aliphatic carbocycles. The van der Waals surface area contributed by atoms with Gasteiger partial charge in [-0.15, -0.1) is 23.4 Å². The lowest BCUT2D eigenvalue weighted by atomic mass is 9.82. The lowest BCUT2D eigenvalue weighted by Crippen LogP contribution is -2.49. The van der Waals surface area contributed by atoms with Gasteiger partial charge in [-0.1, -0.05) is 11.6 Å². The van der Waals surface area contributed by atoms with Gasteiger partial charge >= 0.3 is 6.36 Å². The Morgan fingerprint density at radius 1 is 1.11 bits per heavy atom. The van der Waals surface area contributed by atoms with Gasteiger partial charge in [0.1, 0.15) is 5.75 Å². The van der Waals surface area contributed by atoms with Gasteiger partial charge < -0.3 is 24.3 Å².